The SMILES string of the molecule is CC(OC(=O)C1CCCCC1)[C@H](C)OC(=O)[C@@H](N)Cc1ccc(OC(=O)CC(C)(C)C)c(OC(=O)CC(C)(C)C)c1. The standard InChI is InChI=1S/C32H49NO8/c1-20(38-29(36)23-12-10-9-11-13-23)21(2)39-30(37)24(33)16-22-14-15-25(40-27(34)18-31(3,4)5)26(17-22)41-28(35)19-32(6,7)8/h14-15,17,20-21,23-24H,9-13,16,18-19,33H2,1-8H3/t20?,21-,24-/m0/s1. The number of esters is 4. The van der Waals surface area contributed by atoms with Crippen LogP contribution in [-0.2, 0) is 35.1 Å². The molecule has 1 aliphatic rings. The number of hydrogen-bond donors (Lipinski definition) is 1. The highest BCUT2D eigenvalue weighted by Gasteiger charge is 2.29. The quantitative estimate of drug-likeness (QED) is 0.261. The minimum atomic E-state index is -1.02. The lowest BCUT2D eigenvalue weighted by Gasteiger charge is -2.26. The average molecular weight is 576 g/mol. The molecule has 2 rings (SSSR count). The van der Waals surface area contributed by atoms with Gasteiger partial charge >= 0.3 is 23.9 Å². The second-order valence-corrected chi connectivity index (χ2v) is 13.6. The van der Waals surface area contributed by atoms with Crippen LogP contribution < -0.4 is 15.2 Å². The summed E-state index contributed by atoms with van der Waals surface area (Å²) in [7, 11) is 0. The summed E-state index contributed by atoms with van der Waals surface area (Å²) in [6.45, 7) is 14.9. The van der Waals surface area contributed by atoms with E-state index in [1.54, 1.807) is 26.0 Å². The van der Waals surface area contributed by atoms with E-state index in [1.807, 2.05) is 41.5 Å². The largest absolute Gasteiger partial charge is 0.459 e. The molecule has 0 radical (unpaired) electrons. The zero-order chi connectivity index (χ0) is 31.0. The number of ether oxygens (including phenoxy) is 4. The number of hydrogen-bond acceptors (Lipinski definition) is 9. The van der Waals surface area contributed by atoms with Gasteiger partial charge in [-0.15, -0.1) is 0 Å². The lowest BCUT2D eigenvalue weighted by molar-refractivity contribution is -0.169. The van der Waals surface area contributed by atoms with Crippen molar-refractivity contribution >= 4 is 23.9 Å². The maximum Gasteiger partial charge on any atom is 0.323 e. The molecule has 0 aliphatic heterocycles. The molecule has 1 unspecified atom stereocenters. The van der Waals surface area contributed by atoms with Crippen LogP contribution in [0, 0.1) is 16.7 Å². The summed E-state index contributed by atoms with van der Waals surface area (Å²) in [5.74, 6) is -1.73. The fraction of sp³-hybridized carbons (Fsp3) is 0.688. The van der Waals surface area contributed by atoms with E-state index >= 15 is 0 Å². The molecule has 9 nitrogen and oxygen atoms in total. The summed E-state index contributed by atoms with van der Waals surface area (Å²) < 4.78 is 22.2. The van der Waals surface area contributed by atoms with Crippen molar-refractivity contribution in [1.29, 1.82) is 0 Å². The van der Waals surface area contributed by atoms with E-state index in [-0.39, 0.29) is 53.5 Å². The third-order valence-electron chi connectivity index (χ3n) is 6.77. The Labute approximate surface area is 244 Å². The van der Waals surface area contributed by atoms with E-state index in [0.29, 0.717) is 5.56 Å². The highest BCUT2D eigenvalue weighted by molar-refractivity contribution is 5.78. The van der Waals surface area contributed by atoms with Crippen molar-refractivity contribution in [1.82, 2.24) is 0 Å². The molecule has 2 N–H and O–H groups in total. The second-order valence-electron chi connectivity index (χ2n) is 13.6. The van der Waals surface area contributed by atoms with Gasteiger partial charge in [-0.05, 0) is 61.6 Å². The molecule has 0 aromatic heterocycles. The molecule has 0 bridgehead atoms. The summed E-state index contributed by atoms with van der Waals surface area (Å²) in [5.41, 5.74) is 6.17. The first-order valence-electron chi connectivity index (χ1n) is 14.6. The van der Waals surface area contributed by atoms with Crippen LogP contribution in [0.5, 0.6) is 11.5 Å². The van der Waals surface area contributed by atoms with Gasteiger partial charge in [0, 0.05) is 0 Å². The molecule has 0 amide bonds. The predicted octanol–water partition coefficient (Wildman–Crippen LogP) is 5.68. The van der Waals surface area contributed by atoms with E-state index in [1.165, 1.54) is 6.07 Å². The minimum absolute atomic E-state index is 0.0798. The maximum atomic E-state index is 12.8. The number of benzene rings is 1. The van der Waals surface area contributed by atoms with E-state index in [9.17, 15) is 19.2 Å². The molecule has 1 fully saturated rings. The normalized spacial score (nSPS) is 16.7. The summed E-state index contributed by atoms with van der Waals surface area (Å²) in [6.07, 6.45) is 3.94. The highest BCUT2D eigenvalue weighted by Crippen LogP contribution is 2.32. The summed E-state index contributed by atoms with van der Waals surface area (Å²) in [4.78, 5) is 50.3. The highest BCUT2D eigenvalue weighted by atomic mass is 16.6. The number of carbonyl (C=O) groups excluding carboxylic acids is 4. The van der Waals surface area contributed by atoms with Gasteiger partial charge in [-0.3, -0.25) is 19.2 Å². The molecular formula is C32H49NO8. The van der Waals surface area contributed by atoms with Crippen molar-refractivity contribution in [2.75, 3.05) is 0 Å². The first-order valence-corrected chi connectivity index (χ1v) is 14.6. The zero-order valence-electron chi connectivity index (χ0n) is 26.0. The predicted molar refractivity (Wildman–Crippen MR) is 155 cm³/mol. The molecule has 1 aromatic rings. The minimum Gasteiger partial charge on any atom is -0.459 e. The van der Waals surface area contributed by atoms with Crippen molar-refractivity contribution < 1.29 is 38.1 Å². The first kappa shape index (κ1) is 34.3. The van der Waals surface area contributed by atoms with Gasteiger partial charge in [0.25, 0.3) is 0 Å². The van der Waals surface area contributed by atoms with Crippen LogP contribution in [0.4, 0.5) is 0 Å². The lowest BCUT2D eigenvalue weighted by atomic mass is 9.89. The number of rotatable bonds is 11. The number of nitrogens with two attached hydrogens (primary N) is 1. The molecule has 41 heavy (non-hydrogen) atoms. The van der Waals surface area contributed by atoms with Crippen LogP contribution >= 0.6 is 0 Å². The maximum absolute atomic E-state index is 12.8. The van der Waals surface area contributed by atoms with E-state index in [2.05, 4.69) is 0 Å². The molecule has 9 heteroatoms. The van der Waals surface area contributed by atoms with Crippen molar-refractivity contribution in [3.8, 4) is 11.5 Å². The van der Waals surface area contributed by atoms with Crippen LogP contribution in [0.25, 0.3) is 0 Å². The molecule has 0 saturated heterocycles. The van der Waals surface area contributed by atoms with Gasteiger partial charge in [0.1, 0.15) is 18.2 Å². The number of carbonyl (C=O) groups is 4. The van der Waals surface area contributed by atoms with Crippen molar-refractivity contribution in [3.63, 3.8) is 0 Å². The molecular weight excluding hydrogens is 526 g/mol. The Morgan fingerprint density at radius 2 is 1.32 bits per heavy atom. The molecule has 230 valence electrons. The van der Waals surface area contributed by atoms with Crippen molar-refractivity contribution in [2.45, 2.75) is 125 Å². The van der Waals surface area contributed by atoms with E-state index in [4.69, 9.17) is 24.7 Å². The van der Waals surface area contributed by atoms with Gasteiger partial charge in [-0.25, -0.2) is 0 Å². The van der Waals surface area contributed by atoms with Crippen LogP contribution in [-0.4, -0.2) is 42.1 Å². The third kappa shape index (κ3) is 12.6. The van der Waals surface area contributed by atoms with E-state index in [0.717, 1.165) is 32.1 Å². The lowest BCUT2D eigenvalue weighted by Crippen LogP contribution is -2.40. The van der Waals surface area contributed by atoms with Crippen LogP contribution in [0.2, 0.25) is 0 Å². The van der Waals surface area contributed by atoms with E-state index < -0.39 is 36.2 Å². The Morgan fingerprint density at radius 3 is 1.85 bits per heavy atom. The molecule has 1 saturated carbocycles. The Bertz CT molecular complexity index is 1060. The van der Waals surface area contributed by atoms with Gasteiger partial charge < -0.3 is 24.7 Å². The van der Waals surface area contributed by atoms with Crippen LogP contribution in [0.3, 0.4) is 0 Å². The second kappa shape index (κ2) is 14.8. The molecule has 0 heterocycles. The Morgan fingerprint density at radius 1 is 0.805 bits per heavy atom. The van der Waals surface area contributed by atoms with Crippen molar-refractivity contribution in [2.24, 2.45) is 22.5 Å². The monoisotopic (exact) mass is 575 g/mol. The Balaban J connectivity index is 2.07. The summed E-state index contributed by atoms with van der Waals surface area (Å²) in [6, 6.07) is 3.71. The fourth-order valence-corrected chi connectivity index (χ4v) is 4.44. The van der Waals surface area contributed by atoms with Crippen LogP contribution in [0.15, 0.2) is 18.2 Å². The fourth-order valence-electron chi connectivity index (χ4n) is 4.44. The average Bonchev–Trinajstić information content (AvgIpc) is 2.83. The smallest absolute Gasteiger partial charge is 0.323 e. The molecule has 1 aliphatic carbocycles. The van der Waals surface area contributed by atoms with Gasteiger partial charge in [0.2, 0.25) is 0 Å². The zero-order valence-corrected chi connectivity index (χ0v) is 26.0. The Hall–Kier alpha value is -2.94. The van der Waals surface area contributed by atoms with Gasteiger partial charge in [-0.1, -0.05) is 66.9 Å². The Kier molecular flexibility index (Phi) is 12.4. The summed E-state index contributed by atoms with van der Waals surface area (Å²) >= 11 is 0. The first-order chi connectivity index (χ1) is 18.9. The van der Waals surface area contributed by atoms with Crippen molar-refractivity contribution in [3.05, 3.63) is 23.8 Å². The molecule has 3 atom stereocenters. The summed E-state index contributed by atoms with van der Waals surface area (Å²) in [5, 5.41) is 0. The van der Waals surface area contributed by atoms with Crippen LogP contribution in [0.1, 0.15) is 106 Å². The molecule has 1 aromatic carbocycles. The third-order valence-corrected chi connectivity index (χ3v) is 6.77. The van der Waals surface area contributed by atoms with Gasteiger partial charge in [0.05, 0.1) is 18.8 Å². The molecule has 0 spiro atoms. The van der Waals surface area contributed by atoms with Gasteiger partial charge in [-0.2, -0.15) is 0 Å². The van der Waals surface area contributed by atoms with Gasteiger partial charge in [0.15, 0.2) is 11.5 Å². The topological polar surface area (TPSA) is 131 Å².